The summed E-state index contributed by atoms with van der Waals surface area (Å²) >= 11 is 0. The fourth-order valence-corrected chi connectivity index (χ4v) is 4.07. The Balaban J connectivity index is 1.37. The molecule has 7 nitrogen and oxygen atoms in total. The smallest absolute Gasteiger partial charge is 0.410 e. The molecule has 3 atom stereocenters. The van der Waals surface area contributed by atoms with Crippen LogP contribution in [0.2, 0.25) is 0 Å². The zero-order chi connectivity index (χ0) is 17.6. The first-order valence-corrected chi connectivity index (χ1v) is 8.91. The maximum atomic E-state index is 12.2. The Labute approximate surface area is 147 Å². The van der Waals surface area contributed by atoms with E-state index in [1.54, 1.807) is 6.33 Å². The van der Waals surface area contributed by atoms with Crippen LogP contribution in [0.25, 0.3) is 11.0 Å². The molecule has 7 heteroatoms. The van der Waals surface area contributed by atoms with Gasteiger partial charge in [-0.05, 0) is 51.5 Å². The van der Waals surface area contributed by atoms with Crippen molar-refractivity contribution >= 4 is 22.9 Å². The predicted octanol–water partition coefficient (Wildman–Crippen LogP) is 3.02. The largest absolute Gasteiger partial charge is 0.444 e. The summed E-state index contributed by atoms with van der Waals surface area (Å²) in [6.45, 7) is 7.31. The Morgan fingerprint density at radius 1 is 1.28 bits per heavy atom. The summed E-state index contributed by atoms with van der Waals surface area (Å²) in [5, 5.41) is 4.60. The van der Waals surface area contributed by atoms with Crippen molar-refractivity contribution in [2.45, 2.75) is 45.3 Å². The van der Waals surface area contributed by atoms with Gasteiger partial charge in [-0.2, -0.15) is 0 Å². The first-order chi connectivity index (χ1) is 11.9. The average Bonchev–Trinajstić information content (AvgIpc) is 3.18. The third-order valence-corrected chi connectivity index (χ3v) is 5.10. The zero-order valence-corrected chi connectivity index (χ0v) is 15.0. The van der Waals surface area contributed by atoms with Gasteiger partial charge in [0.15, 0.2) is 0 Å². The van der Waals surface area contributed by atoms with E-state index < -0.39 is 5.60 Å². The lowest BCUT2D eigenvalue weighted by Gasteiger charge is -2.25. The molecule has 1 aliphatic carbocycles. The highest BCUT2D eigenvalue weighted by Crippen LogP contribution is 2.40. The Bertz CT molecular complexity index is 767. The van der Waals surface area contributed by atoms with Crippen LogP contribution in [0.5, 0.6) is 0 Å². The van der Waals surface area contributed by atoms with Crippen molar-refractivity contribution in [2.75, 3.05) is 18.4 Å². The van der Waals surface area contributed by atoms with Gasteiger partial charge >= 0.3 is 6.09 Å². The minimum Gasteiger partial charge on any atom is -0.444 e. The molecule has 4 rings (SSSR count). The number of fused-ring (bicyclic) bond motifs is 2. The van der Waals surface area contributed by atoms with E-state index in [-0.39, 0.29) is 6.09 Å². The minimum absolute atomic E-state index is 0.184. The molecule has 2 unspecified atom stereocenters. The quantitative estimate of drug-likeness (QED) is 0.876. The van der Waals surface area contributed by atoms with E-state index >= 15 is 0 Å². The van der Waals surface area contributed by atoms with Gasteiger partial charge in [-0.25, -0.2) is 14.8 Å². The molecule has 2 fully saturated rings. The van der Waals surface area contributed by atoms with Crippen molar-refractivity contribution in [2.24, 2.45) is 11.8 Å². The van der Waals surface area contributed by atoms with E-state index in [0.717, 1.165) is 42.8 Å². The van der Waals surface area contributed by atoms with Crippen molar-refractivity contribution in [1.29, 1.82) is 0 Å². The lowest BCUT2D eigenvalue weighted by Crippen LogP contribution is -2.36. The van der Waals surface area contributed by atoms with E-state index in [4.69, 9.17) is 4.74 Å². The Hall–Kier alpha value is -2.31. The summed E-state index contributed by atoms with van der Waals surface area (Å²) in [6.07, 6.45) is 5.39. The maximum Gasteiger partial charge on any atom is 0.410 e. The second-order valence-electron chi connectivity index (χ2n) is 8.18. The van der Waals surface area contributed by atoms with Crippen LogP contribution in [-0.4, -0.2) is 50.7 Å². The highest BCUT2D eigenvalue weighted by atomic mass is 16.6. The lowest BCUT2D eigenvalue weighted by atomic mass is 10.0. The first-order valence-electron chi connectivity index (χ1n) is 8.91. The highest BCUT2D eigenvalue weighted by Gasteiger charge is 2.43. The van der Waals surface area contributed by atoms with Crippen LogP contribution in [0.15, 0.2) is 18.6 Å². The second kappa shape index (κ2) is 5.89. The Morgan fingerprint density at radius 3 is 2.68 bits per heavy atom. The van der Waals surface area contributed by atoms with Crippen LogP contribution >= 0.6 is 0 Å². The van der Waals surface area contributed by atoms with Gasteiger partial charge in [-0.3, -0.25) is 0 Å². The number of aromatic nitrogens is 3. The maximum absolute atomic E-state index is 12.2. The predicted molar refractivity (Wildman–Crippen MR) is 95.3 cm³/mol. The molecule has 1 aliphatic heterocycles. The number of hydrogen-bond acceptors (Lipinski definition) is 5. The molecule has 0 bridgehead atoms. The number of hydrogen-bond donors (Lipinski definition) is 2. The Kier molecular flexibility index (Phi) is 3.81. The summed E-state index contributed by atoms with van der Waals surface area (Å²) in [7, 11) is 0. The molecule has 2 aliphatic rings. The highest BCUT2D eigenvalue weighted by molar-refractivity contribution is 5.86. The van der Waals surface area contributed by atoms with Gasteiger partial charge in [0.2, 0.25) is 0 Å². The van der Waals surface area contributed by atoms with Crippen LogP contribution in [-0.2, 0) is 4.74 Å². The minimum atomic E-state index is -0.437. The summed E-state index contributed by atoms with van der Waals surface area (Å²) < 4.78 is 5.50. The topological polar surface area (TPSA) is 83.1 Å². The van der Waals surface area contributed by atoms with Crippen molar-refractivity contribution in [3.63, 3.8) is 0 Å². The van der Waals surface area contributed by atoms with Gasteiger partial charge in [-0.1, -0.05) is 0 Å². The summed E-state index contributed by atoms with van der Waals surface area (Å²) in [4.78, 5) is 25.8. The summed E-state index contributed by atoms with van der Waals surface area (Å²) in [6, 6.07) is 2.39. The van der Waals surface area contributed by atoms with Crippen LogP contribution in [0.4, 0.5) is 10.6 Å². The molecule has 0 aromatic carbocycles. The van der Waals surface area contributed by atoms with E-state index in [9.17, 15) is 4.79 Å². The van der Waals surface area contributed by atoms with Gasteiger partial charge in [0.05, 0.1) is 5.39 Å². The summed E-state index contributed by atoms with van der Waals surface area (Å²) in [5.41, 5.74) is 0.417. The molecule has 2 aromatic rings. The van der Waals surface area contributed by atoms with E-state index in [0.29, 0.717) is 17.9 Å². The molecule has 1 saturated carbocycles. The number of rotatable bonds is 2. The van der Waals surface area contributed by atoms with Crippen molar-refractivity contribution in [1.82, 2.24) is 19.9 Å². The fourth-order valence-electron chi connectivity index (χ4n) is 4.07. The fraction of sp³-hybridized carbons (Fsp3) is 0.611. The number of carbonyl (C=O) groups excluding carboxylic acids is 1. The SMILES string of the molecule is CC(C)(C)OC(=O)N1CC2CC(Nc3ncnc4[nH]ccc34)C[C@@H]2C1. The molecule has 3 heterocycles. The first kappa shape index (κ1) is 16.2. The number of H-pyrrole nitrogens is 1. The second-order valence-corrected chi connectivity index (χ2v) is 8.18. The number of nitrogens with zero attached hydrogens (tertiary/aromatic N) is 3. The van der Waals surface area contributed by atoms with Crippen LogP contribution < -0.4 is 5.32 Å². The number of aromatic amines is 1. The molecule has 0 radical (unpaired) electrons. The molecule has 0 spiro atoms. The third kappa shape index (κ3) is 3.27. The number of amides is 1. The van der Waals surface area contributed by atoms with Gasteiger partial charge in [0.25, 0.3) is 0 Å². The zero-order valence-electron chi connectivity index (χ0n) is 15.0. The van der Waals surface area contributed by atoms with Gasteiger partial charge in [-0.15, -0.1) is 0 Å². The summed E-state index contributed by atoms with van der Waals surface area (Å²) in [5.74, 6) is 1.96. The van der Waals surface area contributed by atoms with Gasteiger partial charge < -0.3 is 19.9 Å². The average molecular weight is 343 g/mol. The van der Waals surface area contributed by atoms with Crippen LogP contribution in [0, 0.1) is 11.8 Å². The molecule has 2 aromatic heterocycles. The lowest BCUT2D eigenvalue weighted by molar-refractivity contribution is 0.0280. The number of anilines is 1. The third-order valence-electron chi connectivity index (χ3n) is 5.10. The number of nitrogens with one attached hydrogen (secondary N) is 2. The molecule has 134 valence electrons. The molecular formula is C18H25N5O2. The van der Waals surface area contributed by atoms with Crippen molar-refractivity contribution in [3.05, 3.63) is 18.6 Å². The molecule has 25 heavy (non-hydrogen) atoms. The molecular weight excluding hydrogens is 318 g/mol. The monoisotopic (exact) mass is 343 g/mol. The van der Waals surface area contributed by atoms with E-state index in [2.05, 4.69) is 20.3 Å². The van der Waals surface area contributed by atoms with Crippen molar-refractivity contribution < 1.29 is 9.53 Å². The molecule has 1 saturated heterocycles. The standard InChI is InChI=1S/C18H25N5O2/c1-18(2,3)25-17(24)23-8-11-6-13(7-12(11)9-23)22-16-14-4-5-19-15(14)20-10-21-16/h4-5,10-13H,6-9H2,1-3H3,(H2,19,20,21,22)/t11-,12?,13?/m1/s1. The van der Waals surface area contributed by atoms with Gasteiger partial charge in [0.1, 0.15) is 23.4 Å². The molecule has 2 N–H and O–H groups in total. The number of ether oxygens (including phenoxy) is 1. The Morgan fingerprint density at radius 2 is 2.00 bits per heavy atom. The normalized spacial score (nSPS) is 26.0. The molecule has 1 amide bonds. The van der Waals surface area contributed by atoms with Crippen LogP contribution in [0.3, 0.4) is 0 Å². The number of carbonyl (C=O) groups is 1. The van der Waals surface area contributed by atoms with Crippen LogP contribution in [0.1, 0.15) is 33.6 Å². The van der Waals surface area contributed by atoms with Crippen molar-refractivity contribution in [3.8, 4) is 0 Å². The van der Waals surface area contributed by atoms with E-state index in [1.807, 2.05) is 37.9 Å². The van der Waals surface area contributed by atoms with E-state index in [1.165, 1.54) is 0 Å². The van der Waals surface area contributed by atoms with Gasteiger partial charge in [0, 0.05) is 25.3 Å². The number of likely N-dealkylation sites (tertiary alicyclic amines) is 1.